The first-order chi connectivity index (χ1) is 23.3. The number of para-hydroxylation sites is 4. The first-order valence-electron chi connectivity index (χ1n) is 15.8. The number of hydrogen-bond acceptors (Lipinski definition) is 2. The van der Waals surface area contributed by atoms with E-state index in [0.717, 1.165) is 77.3 Å². The van der Waals surface area contributed by atoms with Crippen molar-refractivity contribution in [3.8, 4) is 28.6 Å². The average molecular weight is 600 g/mol. The predicted octanol–water partition coefficient (Wildman–Crippen LogP) is 11.3. The van der Waals surface area contributed by atoms with Gasteiger partial charge in [0.2, 0.25) is 0 Å². The normalized spacial score (nSPS) is 11.8. The Morgan fingerprint density at radius 1 is 0.468 bits per heavy atom. The van der Waals surface area contributed by atoms with Crippen molar-refractivity contribution in [1.29, 1.82) is 5.26 Å². The van der Waals surface area contributed by atoms with Crippen LogP contribution in [0.25, 0.3) is 88.1 Å². The minimum absolute atomic E-state index is 0.622. The lowest BCUT2D eigenvalue weighted by atomic mass is 9.99. The molecule has 0 aliphatic heterocycles. The zero-order valence-corrected chi connectivity index (χ0v) is 25.2. The van der Waals surface area contributed by atoms with Crippen molar-refractivity contribution < 1.29 is 4.42 Å². The molecule has 0 spiro atoms. The fraction of sp³-hybridized carbons (Fsp3) is 0. The molecule has 0 amide bonds. The first kappa shape index (κ1) is 25.7. The van der Waals surface area contributed by atoms with Crippen molar-refractivity contribution in [2.75, 3.05) is 0 Å². The minimum atomic E-state index is 0.622. The van der Waals surface area contributed by atoms with E-state index in [2.05, 4.69) is 149 Å². The van der Waals surface area contributed by atoms with Gasteiger partial charge in [0.1, 0.15) is 11.2 Å². The molecule has 218 valence electrons. The van der Waals surface area contributed by atoms with E-state index in [1.165, 1.54) is 10.8 Å². The SMILES string of the molecule is N#Cc1cc(-n2c3ccccc3c3ccc4oc5ccccc5c4c32)ccc1-c1cccc(-n2c3ccccc3c3ccccc32)c1. The third-order valence-electron chi connectivity index (χ3n) is 9.55. The summed E-state index contributed by atoms with van der Waals surface area (Å²) in [5.74, 6) is 0. The fourth-order valence-corrected chi connectivity index (χ4v) is 7.56. The number of benzene rings is 7. The number of aromatic nitrogens is 2. The molecule has 10 rings (SSSR count). The molecule has 0 bridgehead atoms. The lowest BCUT2D eigenvalue weighted by molar-refractivity contribution is 0.669. The van der Waals surface area contributed by atoms with Crippen molar-refractivity contribution in [2.45, 2.75) is 0 Å². The van der Waals surface area contributed by atoms with Gasteiger partial charge in [-0.05, 0) is 71.8 Å². The molecule has 7 aromatic carbocycles. The summed E-state index contributed by atoms with van der Waals surface area (Å²) in [6, 6.07) is 55.2. The van der Waals surface area contributed by atoms with Gasteiger partial charge >= 0.3 is 0 Å². The van der Waals surface area contributed by atoms with Crippen molar-refractivity contribution in [2.24, 2.45) is 0 Å². The monoisotopic (exact) mass is 599 g/mol. The second-order valence-corrected chi connectivity index (χ2v) is 12.0. The molecule has 4 nitrogen and oxygen atoms in total. The largest absolute Gasteiger partial charge is 0.456 e. The maximum atomic E-state index is 10.6. The van der Waals surface area contributed by atoms with Gasteiger partial charge in [0, 0.05) is 38.3 Å². The molecular weight excluding hydrogens is 574 g/mol. The number of furan rings is 1. The van der Waals surface area contributed by atoms with E-state index >= 15 is 0 Å². The molecule has 3 aromatic heterocycles. The molecule has 4 heteroatoms. The second kappa shape index (κ2) is 9.71. The van der Waals surface area contributed by atoms with E-state index in [-0.39, 0.29) is 0 Å². The highest BCUT2D eigenvalue weighted by atomic mass is 16.3. The molecule has 0 radical (unpaired) electrons. The average Bonchev–Trinajstić information content (AvgIpc) is 3.79. The molecule has 0 aliphatic rings. The van der Waals surface area contributed by atoms with Crippen LogP contribution in [-0.4, -0.2) is 9.13 Å². The number of nitriles is 1. The van der Waals surface area contributed by atoms with Crippen LogP contribution < -0.4 is 0 Å². The van der Waals surface area contributed by atoms with Crippen LogP contribution in [-0.2, 0) is 0 Å². The molecule has 10 aromatic rings. The highest BCUT2D eigenvalue weighted by Gasteiger charge is 2.20. The summed E-state index contributed by atoms with van der Waals surface area (Å²) in [5, 5.41) is 17.5. The van der Waals surface area contributed by atoms with E-state index in [9.17, 15) is 5.26 Å². The Labute approximate surface area is 269 Å². The van der Waals surface area contributed by atoms with E-state index in [0.29, 0.717) is 5.56 Å². The van der Waals surface area contributed by atoms with Crippen LogP contribution in [0, 0.1) is 11.3 Å². The highest BCUT2D eigenvalue weighted by Crippen LogP contribution is 2.41. The number of fused-ring (bicyclic) bond motifs is 10. The Hall–Kier alpha value is -6.57. The quantitative estimate of drug-likeness (QED) is 0.203. The molecule has 0 fully saturated rings. The van der Waals surface area contributed by atoms with Gasteiger partial charge in [-0.25, -0.2) is 0 Å². The first-order valence-corrected chi connectivity index (χ1v) is 15.8. The fourth-order valence-electron chi connectivity index (χ4n) is 7.56. The topological polar surface area (TPSA) is 46.8 Å². The lowest BCUT2D eigenvalue weighted by Gasteiger charge is -2.13. The third kappa shape index (κ3) is 3.63. The maximum absolute atomic E-state index is 10.6. The lowest BCUT2D eigenvalue weighted by Crippen LogP contribution is -1.97. The molecule has 3 heterocycles. The minimum Gasteiger partial charge on any atom is -0.456 e. The van der Waals surface area contributed by atoms with Crippen LogP contribution in [0.15, 0.2) is 156 Å². The van der Waals surface area contributed by atoms with E-state index < -0.39 is 0 Å². The van der Waals surface area contributed by atoms with Gasteiger partial charge in [-0.1, -0.05) is 91.0 Å². The van der Waals surface area contributed by atoms with E-state index in [1.54, 1.807) is 0 Å². The van der Waals surface area contributed by atoms with E-state index in [4.69, 9.17) is 4.42 Å². The van der Waals surface area contributed by atoms with Gasteiger partial charge in [-0.3, -0.25) is 0 Å². The van der Waals surface area contributed by atoms with Gasteiger partial charge in [-0.2, -0.15) is 5.26 Å². The molecular formula is C43H25N3O. The summed E-state index contributed by atoms with van der Waals surface area (Å²) in [5.41, 5.74) is 10.7. The smallest absolute Gasteiger partial charge is 0.137 e. The maximum Gasteiger partial charge on any atom is 0.137 e. The number of rotatable bonds is 3. The summed E-state index contributed by atoms with van der Waals surface area (Å²) in [7, 11) is 0. The van der Waals surface area contributed by atoms with Crippen LogP contribution in [0.2, 0.25) is 0 Å². The second-order valence-electron chi connectivity index (χ2n) is 12.0. The summed E-state index contributed by atoms with van der Waals surface area (Å²) < 4.78 is 10.9. The molecule has 0 aliphatic carbocycles. The predicted molar refractivity (Wildman–Crippen MR) is 193 cm³/mol. The molecule has 47 heavy (non-hydrogen) atoms. The molecule has 0 saturated carbocycles. The molecule has 0 saturated heterocycles. The standard InChI is InChI=1S/C43H25N3O/c44-26-28-25-30(46-39-18-7-3-14-34(39)35-22-23-41-42(43(35)46)36-15-4-8-19-40(36)47-41)20-21-31(28)27-10-9-11-29(24-27)45-37-16-5-1-12-32(37)33-13-2-6-17-38(33)45/h1-25H. The van der Waals surface area contributed by atoms with Crippen LogP contribution in [0.5, 0.6) is 0 Å². The Morgan fingerprint density at radius 2 is 1.09 bits per heavy atom. The van der Waals surface area contributed by atoms with Crippen molar-refractivity contribution in [3.63, 3.8) is 0 Å². The summed E-state index contributed by atoms with van der Waals surface area (Å²) in [4.78, 5) is 0. The van der Waals surface area contributed by atoms with Crippen LogP contribution >= 0.6 is 0 Å². The zero-order chi connectivity index (χ0) is 31.1. The zero-order valence-electron chi connectivity index (χ0n) is 25.2. The van der Waals surface area contributed by atoms with Gasteiger partial charge in [-0.15, -0.1) is 0 Å². The van der Waals surface area contributed by atoms with Crippen LogP contribution in [0.3, 0.4) is 0 Å². The molecule has 0 N–H and O–H groups in total. The molecule has 0 atom stereocenters. The Balaban J connectivity index is 1.19. The number of hydrogen-bond donors (Lipinski definition) is 0. The van der Waals surface area contributed by atoms with Crippen molar-refractivity contribution in [1.82, 2.24) is 9.13 Å². The summed E-state index contributed by atoms with van der Waals surface area (Å²) >= 11 is 0. The van der Waals surface area contributed by atoms with Gasteiger partial charge < -0.3 is 13.6 Å². The van der Waals surface area contributed by atoms with Crippen molar-refractivity contribution >= 4 is 65.6 Å². The van der Waals surface area contributed by atoms with Gasteiger partial charge in [0.15, 0.2) is 0 Å². The van der Waals surface area contributed by atoms with Crippen LogP contribution in [0.1, 0.15) is 5.56 Å². The highest BCUT2D eigenvalue weighted by molar-refractivity contribution is 6.24. The summed E-state index contributed by atoms with van der Waals surface area (Å²) in [6.45, 7) is 0. The Bertz CT molecular complexity index is 2880. The number of nitrogens with zero attached hydrogens (tertiary/aromatic N) is 3. The Kier molecular flexibility index (Phi) is 5.32. The third-order valence-corrected chi connectivity index (χ3v) is 9.55. The van der Waals surface area contributed by atoms with Crippen LogP contribution in [0.4, 0.5) is 0 Å². The summed E-state index contributed by atoms with van der Waals surface area (Å²) in [6.07, 6.45) is 0. The van der Waals surface area contributed by atoms with Gasteiger partial charge in [0.05, 0.1) is 39.1 Å². The Morgan fingerprint density at radius 3 is 1.81 bits per heavy atom. The van der Waals surface area contributed by atoms with E-state index in [1.807, 2.05) is 18.2 Å². The van der Waals surface area contributed by atoms with Crippen molar-refractivity contribution in [3.05, 3.63) is 157 Å². The molecule has 0 unspecified atom stereocenters. The van der Waals surface area contributed by atoms with Gasteiger partial charge in [0.25, 0.3) is 0 Å².